The molecule has 0 radical (unpaired) electrons. The van der Waals surface area contributed by atoms with Crippen LogP contribution in [0.3, 0.4) is 0 Å². The molecular formula is C18H16F3N3O4S. The number of fused-ring (bicyclic) bond motifs is 3. The standard InChI is InChI=1S/C18H16F3N3O4S/c1-11-8-14-15(9-22-11)17(25)24-7-6-23(10-16(14)24)29(26,27)13-4-2-12(3-5-13)28-18(19,20)21/h2-5,8-9,16H,6-7,10H2,1H3. The van der Waals surface area contributed by atoms with Gasteiger partial charge in [-0.25, -0.2) is 8.42 Å². The van der Waals surface area contributed by atoms with Gasteiger partial charge in [0.25, 0.3) is 5.91 Å². The predicted molar refractivity (Wildman–Crippen MR) is 94.6 cm³/mol. The molecule has 4 rings (SSSR count). The van der Waals surface area contributed by atoms with E-state index in [0.717, 1.165) is 35.5 Å². The molecule has 1 unspecified atom stereocenters. The molecule has 29 heavy (non-hydrogen) atoms. The number of alkyl halides is 3. The Hall–Kier alpha value is -2.66. The van der Waals surface area contributed by atoms with E-state index in [1.54, 1.807) is 17.9 Å². The van der Waals surface area contributed by atoms with Crippen LogP contribution >= 0.6 is 0 Å². The summed E-state index contributed by atoms with van der Waals surface area (Å²) < 4.78 is 67.8. The first kappa shape index (κ1) is 19.6. The van der Waals surface area contributed by atoms with E-state index in [-0.39, 0.29) is 30.4 Å². The van der Waals surface area contributed by atoms with Crippen molar-refractivity contribution < 1.29 is 31.1 Å². The monoisotopic (exact) mass is 427 g/mol. The van der Waals surface area contributed by atoms with Crippen LogP contribution in [0.25, 0.3) is 0 Å². The van der Waals surface area contributed by atoms with Crippen LogP contribution < -0.4 is 4.74 Å². The van der Waals surface area contributed by atoms with E-state index >= 15 is 0 Å². The smallest absolute Gasteiger partial charge is 0.406 e. The fraction of sp³-hybridized carbons (Fsp3) is 0.333. The maximum absolute atomic E-state index is 13.0. The third-order valence-electron chi connectivity index (χ3n) is 4.96. The normalized spacial score (nSPS) is 19.8. The highest BCUT2D eigenvalue weighted by Gasteiger charge is 2.43. The molecule has 0 bridgehead atoms. The lowest BCUT2D eigenvalue weighted by Gasteiger charge is -2.37. The number of aryl methyl sites for hydroxylation is 1. The molecule has 0 spiro atoms. The van der Waals surface area contributed by atoms with Gasteiger partial charge >= 0.3 is 6.36 Å². The second-order valence-electron chi connectivity index (χ2n) is 6.81. The molecule has 1 aromatic carbocycles. The van der Waals surface area contributed by atoms with Gasteiger partial charge < -0.3 is 9.64 Å². The average Bonchev–Trinajstić information content (AvgIpc) is 2.92. The molecular weight excluding hydrogens is 411 g/mol. The van der Waals surface area contributed by atoms with Gasteiger partial charge in [0.05, 0.1) is 16.5 Å². The maximum atomic E-state index is 13.0. The molecule has 2 aliphatic heterocycles. The van der Waals surface area contributed by atoms with E-state index < -0.39 is 28.2 Å². The number of carbonyl (C=O) groups excluding carboxylic acids is 1. The Morgan fingerprint density at radius 2 is 1.86 bits per heavy atom. The van der Waals surface area contributed by atoms with E-state index in [0.29, 0.717) is 5.56 Å². The van der Waals surface area contributed by atoms with Crippen molar-refractivity contribution in [2.45, 2.75) is 24.2 Å². The number of aromatic nitrogens is 1. The molecule has 1 atom stereocenters. The molecule has 2 aliphatic rings. The third-order valence-corrected chi connectivity index (χ3v) is 6.84. The quantitative estimate of drug-likeness (QED) is 0.752. The van der Waals surface area contributed by atoms with Crippen LogP contribution in [-0.4, -0.2) is 54.5 Å². The van der Waals surface area contributed by atoms with Crippen LogP contribution in [0.4, 0.5) is 13.2 Å². The lowest BCUT2D eigenvalue weighted by Crippen LogP contribution is -2.49. The molecule has 0 saturated carbocycles. The molecule has 1 saturated heterocycles. The van der Waals surface area contributed by atoms with Gasteiger partial charge in [-0.1, -0.05) is 0 Å². The summed E-state index contributed by atoms with van der Waals surface area (Å²) in [4.78, 5) is 18.1. The van der Waals surface area contributed by atoms with E-state index in [1.807, 2.05) is 0 Å². The number of nitrogens with zero attached hydrogens (tertiary/aromatic N) is 3. The molecule has 0 aliphatic carbocycles. The number of sulfonamides is 1. The summed E-state index contributed by atoms with van der Waals surface area (Å²) in [6.45, 7) is 2.15. The average molecular weight is 427 g/mol. The fourth-order valence-corrected chi connectivity index (χ4v) is 5.08. The summed E-state index contributed by atoms with van der Waals surface area (Å²) in [6.07, 6.45) is -3.35. The van der Waals surface area contributed by atoms with Gasteiger partial charge in [-0.05, 0) is 42.8 Å². The second-order valence-corrected chi connectivity index (χ2v) is 8.75. The van der Waals surface area contributed by atoms with E-state index in [1.165, 1.54) is 10.5 Å². The first-order valence-electron chi connectivity index (χ1n) is 8.70. The van der Waals surface area contributed by atoms with E-state index in [2.05, 4.69) is 9.72 Å². The molecule has 1 fully saturated rings. The van der Waals surface area contributed by atoms with Crippen molar-refractivity contribution in [2.24, 2.45) is 0 Å². The van der Waals surface area contributed by atoms with Crippen LogP contribution in [0.15, 0.2) is 41.4 Å². The van der Waals surface area contributed by atoms with Gasteiger partial charge in [0.15, 0.2) is 0 Å². The Morgan fingerprint density at radius 3 is 2.52 bits per heavy atom. The van der Waals surface area contributed by atoms with Crippen molar-refractivity contribution in [1.29, 1.82) is 0 Å². The number of halogens is 3. The van der Waals surface area contributed by atoms with E-state index in [4.69, 9.17) is 0 Å². The van der Waals surface area contributed by atoms with Crippen molar-refractivity contribution in [3.8, 4) is 5.75 Å². The largest absolute Gasteiger partial charge is 0.573 e. The second kappa shape index (κ2) is 6.70. The SMILES string of the molecule is Cc1cc2c(cn1)C(=O)N1CCN(S(=O)(=O)c3ccc(OC(F)(F)F)cc3)CC21. The van der Waals surface area contributed by atoms with Crippen LogP contribution in [0.1, 0.15) is 27.7 Å². The zero-order valence-corrected chi connectivity index (χ0v) is 16.0. The molecule has 2 aromatic rings. The van der Waals surface area contributed by atoms with Crippen LogP contribution in [0.2, 0.25) is 0 Å². The Bertz CT molecular complexity index is 1070. The topological polar surface area (TPSA) is 79.8 Å². The molecule has 11 heteroatoms. The number of hydrogen-bond donors (Lipinski definition) is 0. The van der Waals surface area contributed by atoms with Gasteiger partial charge in [-0.2, -0.15) is 4.31 Å². The minimum Gasteiger partial charge on any atom is -0.406 e. The van der Waals surface area contributed by atoms with Gasteiger partial charge in [0, 0.05) is 31.5 Å². The van der Waals surface area contributed by atoms with Crippen molar-refractivity contribution in [2.75, 3.05) is 19.6 Å². The maximum Gasteiger partial charge on any atom is 0.573 e. The summed E-state index contributed by atoms with van der Waals surface area (Å²) in [5, 5.41) is 0. The predicted octanol–water partition coefficient (Wildman–Crippen LogP) is 2.49. The van der Waals surface area contributed by atoms with Crippen LogP contribution in [0.5, 0.6) is 5.75 Å². The van der Waals surface area contributed by atoms with Gasteiger partial charge in [0.1, 0.15) is 5.75 Å². The third kappa shape index (κ3) is 3.55. The number of amides is 1. The molecule has 0 N–H and O–H groups in total. The minimum atomic E-state index is -4.86. The summed E-state index contributed by atoms with van der Waals surface area (Å²) >= 11 is 0. The van der Waals surface area contributed by atoms with Gasteiger partial charge in [-0.3, -0.25) is 9.78 Å². The van der Waals surface area contributed by atoms with Crippen LogP contribution in [0, 0.1) is 6.92 Å². The highest BCUT2D eigenvalue weighted by molar-refractivity contribution is 7.89. The Labute approximate surface area is 164 Å². The van der Waals surface area contributed by atoms with Crippen molar-refractivity contribution >= 4 is 15.9 Å². The molecule has 7 nitrogen and oxygen atoms in total. The number of pyridine rings is 1. The summed E-state index contributed by atoms with van der Waals surface area (Å²) in [5.41, 5.74) is 1.92. The van der Waals surface area contributed by atoms with Crippen molar-refractivity contribution in [3.05, 3.63) is 53.3 Å². The van der Waals surface area contributed by atoms with E-state index in [9.17, 15) is 26.4 Å². The zero-order chi connectivity index (χ0) is 21.0. The Kier molecular flexibility index (Phi) is 4.54. The number of rotatable bonds is 3. The summed E-state index contributed by atoms with van der Waals surface area (Å²) in [5.74, 6) is -0.678. The van der Waals surface area contributed by atoms with Crippen LogP contribution in [-0.2, 0) is 10.0 Å². The zero-order valence-electron chi connectivity index (χ0n) is 15.2. The van der Waals surface area contributed by atoms with Gasteiger partial charge in [-0.15, -0.1) is 13.2 Å². The number of benzene rings is 1. The number of carbonyl (C=O) groups is 1. The fourth-order valence-electron chi connectivity index (χ4n) is 3.64. The van der Waals surface area contributed by atoms with Gasteiger partial charge in [0.2, 0.25) is 10.0 Å². The Morgan fingerprint density at radius 1 is 1.17 bits per heavy atom. The summed E-state index contributed by atoms with van der Waals surface area (Å²) in [7, 11) is -3.95. The molecule has 1 amide bonds. The number of ether oxygens (including phenoxy) is 1. The lowest BCUT2D eigenvalue weighted by molar-refractivity contribution is -0.274. The first-order chi connectivity index (χ1) is 13.6. The lowest BCUT2D eigenvalue weighted by atomic mass is 10.1. The van der Waals surface area contributed by atoms with Crippen molar-refractivity contribution in [1.82, 2.24) is 14.2 Å². The highest BCUT2D eigenvalue weighted by Crippen LogP contribution is 2.37. The Balaban J connectivity index is 1.58. The minimum absolute atomic E-state index is 0.0608. The number of hydrogen-bond acceptors (Lipinski definition) is 5. The molecule has 3 heterocycles. The van der Waals surface area contributed by atoms with Crippen molar-refractivity contribution in [3.63, 3.8) is 0 Å². The first-order valence-corrected chi connectivity index (χ1v) is 10.1. The molecule has 1 aromatic heterocycles. The molecule has 154 valence electrons. The number of piperazine rings is 1. The highest BCUT2D eigenvalue weighted by atomic mass is 32.2. The summed E-state index contributed by atoms with van der Waals surface area (Å²) in [6, 6.07) is 5.42.